The molecule has 1 amide bonds. The van der Waals surface area contributed by atoms with Crippen LogP contribution in [0, 0.1) is 0 Å². The molecule has 1 aliphatic rings. The minimum Gasteiger partial charge on any atom is -0.464 e. The van der Waals surface area contributed by atoms with Crippen molar-refractivity contribution in [1.29, 1.82) is 0 Å². The molecule has 0 aromatic heterocycles. The number of allylic oxidation sites excluding steroid dienone is 1. The van der Waals surface area contributed by atoms with Gasteiger partial charge in [0, 0.05) is 6.54 Å². The lowest BCUT2D eigenvalue weighted by Gasteiger charge is -2.38. The molecule has 0 fully saturated rings. The van der Waals surface area contributed by atoms with Gasteiger partial charge >= 0.3 is 12.1 Å². The zero-order valence-electron chi connectivity index (χ0n) is 15.2. The van der Waals surface area contributed by atoms with Gasteiger partial charge in [0.05, 0.1) is 6.61 Å². The van der Waals surface area contributed by atoms with Crippen LogP contribution in [-0.4, -0.2) is 52.5 Å². The summed E-state index contributed by atoms with van der Waals surface area (Å²) < 4.78 is 10.5. The van der Waals surface area contributed by atoms with Crippen LogP contribution in [-0.2, 0) is 14.3 Å². The Balaban J connectivity index is 3.17. The largest absolute Gasteiger partial charge is 0.464 e. The Morgan fingerprint density at radius 2 is 2.04 bits per heavy atom. The van der Waals surface area contributed by atoms with Gasteiger partial charge in [-0.05, 0) is 40.2 Å². The van der Waals surface area contributed by atoms with E-state index in [2.05, 4.69) is 0 Å². The molecule has 1 rings (SSSR count). The van der Waals surface area contributed by atoms with Crippen molar-refractivity contribution in [2.75, 3.05) is 13.2 Å². The zero-order valence-corrected chi connectivity index (χ0v) is 15.2. The second kappa shape index (κ2) is 8.33. The lowest BCUT2D eigenvalue weighted by atomic mass is 9.91. The van der Waals surface area contributed by atoms with E-state index in [0.29, 0.717) is 0 Å². The van der Waals surface area contributed by atoms with E-state index in [4.69, 9.17) is 9.47 Å². The highest BCUT2D eigenvalue weighted by Gasteiger charge is 2.54. The number of nitrogens with zero attached hydrogens (tertiary/aromatic N) is 1. The summed E-state index contributed by atoms with van der Waals surface area (Å²) in [4.78, 5) is 26.4. The molecule has 0 aliphatic carbocycles. The van der Waals surface area contributed by atoms with Crippen LogP contribution in [0.15, 0.2) is 24.3 Å². The third-order valence-corrected chi connectivity index (χ3v) is 3.55. The number of carbonyl (C=O) groups excluding carboxylic acids is 2. The van der Waals surface area contributed by atoms with Crippen molar-refractivity contribution in [2.24, 2.45) is 0 Å². The number of aliphatic hydroxyl groups is 1. The second-order valence-electron chi connectivity index (χ2n) is 6.70. The first-order chi connectivity index (χ1) is 11.2. The first-order valence-corrected chi connectivity index (χ1v) is 8.39. The maximum absolute atomic E-state index is 12.6. The number of carbonyl (C=O) groups is 2. The maximum atomic E-state index is 12.6. The molecule has 2 atom stereocenters. The van der Waals surface area contributed by atoms with E-state index >= 15 is 0 Å². The van der Waals surface area contributed by atoms with Crippen molar-refractivity contribution in [3.05, 3.63) is 24.3 Å². The second-order valence-corrected chi connectivity index (χ2v) is 6.70. The van der Waals surface area contributed by atoms with E-state index in [1.54, 1.807) is 39.8 Å². The number of hydrogen-bond acceptors (Lipinski definition) is 5. The Hall–Kier alpha value is -1.82. The highest BCUT2D eigenvalue weighted by atomic mass is 16.6. The quantitative estimate of drug-likeness (QED) is 0.595. The fourth-order valence-corrected chi connectivity index (χ4v) is 2.46. The van der Waals surface area contributed by atoms with Crippen LogP contribution in [0.3, 0.4) is 0 Å². The summed E-state index contributed by atoms with van der Waals surface area (Å²) in [5.41, 5.74) is -2.30. The van der Waals surface area contributed by atoms with E-state index in [-0.39, 0.29) is 13.2 Å². The molecule has 6 heteroatoms. The van der Waals surface area contributed by atoms with Crippen LogP contribution in [0.1, 0.15) is 47.5 Å². The molecule has 1 N–H and O–H groups in total. The minimum absolute atomic E-state index is 0.155. The third kappa shape index (κ3) is 4.60. The van der Waals surface area contributed by atoms with Crippen molar-refractivity contribution in [3.63, 3.8) is 0 Å². The van der Waals surface area contributed by atoms with Crippen molar-refractivity contribution in [3.8, 4) is 0 Å². The molecule has 1 heterocycles. The van der Waals surface area contributed by atoms with Crippen LogP contribution in [0.5, 0.6) is 0 Å². The van der Waals surface area contributed by atoms with Crippen molar-refractivity contribution in [2.45, 2.75) is 64.7 Å². The van der Waals surface area contributed by atoms with Crippen LogP contribution >= 0.6 is 0 Å². The van der Waals surface area contributed by atoms with Gasteiger partial charge in [-0.1, -0.05) is 31.6 Å². The van der Waals surface area contributed by atoms with Crippen molar-refractivity contribution in [1.82, 2.24) is 4.90 Å². The molecular weight excluding hydrogens is 310 g/mol. The number of rotatable bonds is 6. The van der Waals surface area contributed by atoms with Gasteiger partial charge in [-0.15, -0.1) is 0 Å². The Bertz CT molecular complexity index is 506. The molecule has 0 aromatic rings. The fraction of sp³-hybridized carbons (Fsp3) is 0.667. The van der Waals surface area contributed by atoms with Crippen molar-refractivity contribution >= 4 is 12.1 Å². The Kier molecular flexibility index (Phi) is 7.02. The molecule has 0 radical (unpaired) electrons. The Morgan fingerprint density at radius 1 is 1.38 bits per heavy atom. The standard InChI is InChI=1S/C18H29NO5/c1-6-8-9-11-14(20)18(15(21)23-7-2)12-10-13-19(18)16(22)24-17(3,4)5/h9-12,14,20H,6-8,13H2,1-5H3/b11-9+/t14-,18-/m0/s1. The van der Waals surface area contributed by atoms with Gasteiger partial charge in [0.25, 0.3) is 0 Å². The predicted molar refractivity (Wildman–Crippen MR) is 91.5 cm³/mol. The lowest BCUT2D eigenvalue weighted by molar-refractivity contribution is -0.158. The maximum Gasteiger partial charge on any atom is 0.411 e. The molecule has 1 aliphatic heterocycles. The summed E-state index contributed by atoms with van der Waals surface area (Å²) in [7, 11) is 0. The molecule has 0 bridgehead atoms. The molecule has 136 valence electrons. The number of unbranched alkanes of at least 4 members (excludes halogenated alkanes) is 1. The van der Waals surface area contributed by atoms with E-state index in [9.17, 15) is 14.7 Å². The van der Waals surface area contributed by atoms with E-state index in [0.717, 1.165) is 12.8 Å². The van der Waals surface area contributed by atoms with Crippen LogP contribution < -0.4 is 0 Å². The van der Waals surface area contributed by atoms with Gasteiger partial charge in [0.15, 0.2) is 5.54 Å². The molecule has 0 saturated carbocycles. The molecule has 24 heavy (non-hydrogen) atoms. The summed E-state index contributed by atoms with van der Waals surface area (Å²) in [6.07, 6.45) is 6.33. The van der Waals surface area contributed by atoms with Gasteiger partial charge in [-0.2, -0.15) is 0 Å². The molecule has 0 saturated heterocycles. The van der Waals surface area contributed by atoms with Crippen molar-refractivity contribution < 1.29 is 24.2 Å². The highest BCUT2D eigenvalue weighted by Crippen LogP contribution is 2.31. The zero-order chi connectivity index (χ0) is 18.4. The van der Waals surface area contributed by atoms with Gasteiger partial charge < -0.3 is 14.6 Å². The SMILES string of the molecule is CCC/C=C/[C@H](O)[C@]1(C(=O)OCC)C=CCN1C(=O)OC(C)(C)C. The van der Waals surface area contributed by atoms with Crippen LogP contribution in [0.25, 0.3) is 0 Å². The summed E-state index contributed by atoms with van der Waals surface area (Å²) in [6.45, 7) is 9.27. The molecule has 6 nitrogen and oxygen atoms in total. The van der Waals surface area contributed by atoms with Crippen LogP contribution in [0.4, 0.5) is 4.79 Å². The summed E-state index contributed by atoms with van der Waals surface area (Å²) >= 11 is 0. The molecule has 0 spiro atoms. The van der Waals surface area contributed by atoms with Gasteiger partial charge in [0.2, 0.25) is 0 Å². The van der Waals surface area contributed by atoms with Crippen LogP contribution in [0.2, 0.25) is 0 Å². The Morgan fingerprint density at radius 3 is 2.58 bits per heavy atom. The van der Waals surface area contributed by atoms with Gasteiger partial charge in [-0.3, -0.25) is 4.90 Å². The van der Waals surface area contributed by atoms with E-state index < -0.39 is 29.3 Å². The number of ether oxygens (including phenoxy) is 2. The summed E-state index contributed by atoms with van der Waals surface area (Å²) in [5, 5.41) is 10.7. The average molecular weight is 339 g/mol. The van der Waals surface area contributed by atoms with E-state index in [1.807, 2.05) is 6.92 Å². The minimum atomic E-state index is -1.59. The summed E-state index contributed by atoms with van der Waals surface area (Å²) in [6, 6.07) is 0. The number of aliphatic hydroxyl groups excluding tert-OH is 1. The lowest BCUT2D eigenvalue weighted by Crippen LogP contribution is -2.61. The first-order valence-electron chi connectivity index (χ1n) is 8.39. The molecular formula is C18H29NO5. The smallest absolute Gasteiger partial charge is 0.411 e. The number of esters is 1. The van der Waals surface area contributed by atoms with Gasteiger partial charge in [-0.25, -0.2) is 9.59 Å². The third-order valence-electron chi connectivity index (χ3n) is 3.55. The number of hydrogen-bond donors (Lipinski definition) is 1. The highest BCUT2D eigenvalue weighted by molar-refractivity contribution is 5.90. The van der Waals surface area contributed by atoms with E-state index in [1.165, 1.54) is 17.1 Å². The first kappa shape index (κ1) is 20.2. The molecule has 0 unspecified atom stereocenters. The normalized spacial score (nSPS) is 22.0. The fourth-order valence-electron chi connectivity index (χ4n) is 2.46. The molecule has 0 aromatic carbocycles. The topological polar surface area (TPSA) is 76.1 Å². The average Bonchev–Trinajstić information content (AvgIpc) is 2.92. The van der Waals surface area contributed by atoms with Gasteiger partial charge in [0.1, 0.15) is 11.7 Å². The number of amides is 1. The predicted octanol–water partition coefficient (Wildman–Crippen LogP) is 2.81. The monoisotopic (exact) mass is 339 g/mol. The Labute approximate surface area is 144 Å². The summed E-state index contributed by atoms with van der Waals surface area (Å²) in [5.74, 6) is -0.668.